The van der Waals surface area contributed by atoms with E-state index in [-0.39, 0.29) is 5.75 Å². The van der Waals surface area contributed by atoms with Crippen LogP contribution in [-0.2, 0) is 0 Å². The maximum Gasteiger partial charge on any atom is 0.140 e. The summed E-state index contributed by atoms with van der Waals surface area (Å²) in [5.74, 6) is 0.258. The van der Waals surface area contributed by atoms with E-state index in [1.165, 1.54) is 29.4 Å². The number of piperazine rings is 1. The third kappa shape index (κ3) is 3.55. The third-order valence-electron chi connectivity index (χ3n) is 6.50. The quantitative estimate of drug-likeness (QED) is 0.669. The van der Waals surface area contributed by atoms with Gasteiger partial charge in [0.15, 0.2) is 0 Å². The molecule has 1 saturated heterocycles. The number of hydrazone groups is 1. The Morgan fingerprint density at radius 1 is 0.968 bits per heavy atom. The van der Waals surface area contributed by atoms with Crippen LogP contribution in [0.2, 0.25) is 0 Å². The fraction of sp³-hybridized carbons (Fsp3) is 0.269. The van der Waals surface area contributed by atoms with Gasteiger partial charge in [0, 0.05) is 16.7 Å². The molecule has 0 amide bonds. The highest BCUT2D eigenvalue weighted by Crippen LogP contribution is 2.41. The fourth-order valence-electron chi connectivity index (χ4n) is 4.93. The first-order chi connectivity index (χ1) is 15.2. The van der Waals surface area contributed by atoms with Gasteiger partial charge in [0.25, 0.3) is 0 Å². The van der Waals surface area contributed by atoms with E-state index in [2.05, 4.69) is 53.5 Å². The van der Waals surface area contributed by atoms with Gasteiger partial charge in [0.1, 0.15) is 11.8 Å². The largest absolute Gasteiger partial charge is 0.870 e. The van der Waals surface area contributed by atoms with Crippen LogP contribution in [0.4, 0.5) is 0 Å². The maximum atomic E-state index is 11.8. The molecule has 0 bridgehead atoms. The lowest BCUT2D eigenvalue weighted by molar-refractivity contribution is -0.929. The van der Waals surface area contributed by atoms with Crippen LogP contribution >= 0.6 is 0 Å². The Labute approximate surface area is 183 Å². The summed E-state index contributed by atoms with van der Waals surface area (Å²) in [7, 11) is 1.52. The predicted octanol–water partition coefficient (Wildman–Crippen LogP) is 2.46. The Morgan fingerprint density at radius 2 is 1.58 bits per heavy atom. The van der Waals surface area contributed by atoms with Crippen molar-refractivity contribution in [2.75, 3.05) is 33.3 Å². The Kier molecular flexibility index (Phi) is 5.12. The van der Waals surface area contributed by atoms with Crippen LogP contribution in [0.5, 0.6) is 11.5 Å². The van der Waals surface area contributed by atoms with Gasteiger partial charge in [-0.05, 0) is 24.1 Å². The van der Waals surface area contributed by atoms with Gasteiger partial charge in [-0.15, -0.1) is 0 Å². The van der Waals surface area contributed by atoms with Gasteiger partial charge in [-0.2, -0.15) is 5.10 Å². The molecule has 1 aliphatic heterocycles. The summed E-state index contributed by atoms with van der Waals surface area (Å²) < 4.78 is 5.17. The second-order valence-corrected chi connectivity index (χ2v) is 8.27. The fourth-order valence-corrected chi connectivity index (χ4v) is 4.93. The van der Waals surface area contributed by atoms with Crippen LogP contribution in [0.1, 0.15) is 29.7 Å². The number of nitrogens with one attached hydrogen (secondary N) is 1. The summed E-state index contributed by atoms with van der Waals surface area (Å²) in [6.07, 6.45) is 0. The van der Waals surface area contributed by atoms with E-state index >= 15 is 0 Å². The van der Waals surface area contributed by atoms with Crippen molar-refractivity contribution in [3.05, 3.63) is 83.4 Å². The SMILES string of the molecule is COc1cc(/C(C)=N/N2CC[NH+](C3c4ccccc4-c4ccccc43)CC2)ccc1[O-]. The average molecular weight is 414 g/mol. The third-order valence-corrected chi connectivity index (χ3v) is 6.50. The summed E-state index contributed by atoms with van der Waals surface area (Å²) in [4.78, 5) is 1.60. The molecule has 5 heteroatoms. The van der Waals surface area contributed by atoms with Crippen LogP contribution in [0.15, 0.2) is 71.8 Å². The number of methoxy groups -OCH3 is 1. The van der Waals surface area contributed by atoms with Crippen LogP contribution in [-0.4, -0.2) is 44.0 Å². The summed E-state index contributed by atoms with van der Waals surface area (Å²) in [6.45, 7) is 5.87. The zero-order valence-electron chi connectivity index (χ0n) is 18.0. The van der Waals surface area contributed by atoms with Gasteiger partial charge in [-0.1, -0.05) is 66.4 Å². The molecule has 0 radical (unpaired) electrons. The highest BCUT2D eigenvalue weighted by molar-refractivity contribution is 5.99. The maximum absolute atomic E-state index is 11.8. The molecule has 5 nitrogen and oxygen atoms in total. The number of ether oxygens (including phenoxy) is 1. The lowest BCUT2D eigenvalue weighted by atomic mass is 10.0. The number of quaternary nitrogens is 1. The van der Waals surface area contributed by atoms with Gasteiger partial charge in [0.05, 0.1) is 39.0 Å². The molecular weight excluding hydrogens is 386 g/mol. The van der Waals surface area contributed by atoms with Crippen molar-refractivity contribution >= 4 is 5.71 Å². The molecule has 3 aromatic rings. The minimum atomic E-state index is -0.103. The standard InChI is InChI=1S/C26H27N3O2/c1-18(19-11-12-24(30)25(17-19)31-2)27-29-15-13-28(14-16-29)26-22-9-5-3-7-20(22)21-8-4-6-10-23(21)26/h3-12,17,26,30H,13-16H2,1-2H3/b27-18+. The van der Waals surface area contributed by atoms with Crippen molar-refractivity contribution in [2.24, 2.45) is 5.10 Å². The Hall–Kier alpha value is -3.31. The van der Waals surface area contributed by atoms with Gasteiger partial charge >= 0.3 is 0 Å². The Morgan fingerprint density at radius 3 is 2.19 bits per heavy atom. The molecular formula is C26H27N3O2. The minimum Gasteiger partial charge on any atom is -0.870 e. The molecule has 1 aliphatic carbocycles. The molecule has 158 valence electrons. The number of hydrogen-bond donors (Lipinski definition) is 1. The summed E-state index contributed by atoms with van der Waals surface area (Å²) in [5, 5.41) is 18.8. The van der Waals surface area contributed by atoms with E-state index in [9.17, 15) is 5.11 Å². The molecule has 0 atom stereocenters. The zero-order valence-corrected chi connectivity index (χ0v) is 18.0. The monoisotopic (exact) mass is 413 g/mol. The molecule has 0 aromatic heterocycles. The smallest absolute Gasteiger partial charge is 0.140 e. The van der Waals surface area contributed by atoms with Gasteiger partial charge in [-0.3, -0.25) is 5.01 Å². The summed E-state index contributed by atoms with van der Waals surface area (Å²) in [6, 6.07) is 23.2. The van der Waals surface area contributed by atoms with Gasteiger partial charge in [0.2, 0.25) is 0 Å². The highest BCUT2D eigenvalue weighted by atomic mass is 16.5. The first-order valence-electron chi connectivity index (χ1n) is 10.8. The van der Waals surface area contributed by atoms with Crippen molar-refractivity contribution in [3.63, 3.8) is 0 Å². The second-order valence-electron chi connectivity index (χ2n) is 8.27. The van der Waals surface area contributed by atoms with Gasteiger partial charge < -0.3 is 14.7 Å². The lowest BCUT2D eigenvalue weighted by Gasteiger charge is -2.35. The number of nitrogens with zero attached hydrogens (tertiary/aromatic N) is 2. The van der Waals surface area contributed by atoms with Gasteiger partial charge in [-0.25, -0.2) is 0 Å². The lowest BCUT2D eigenvalue weighted by Crippen LogP contribution is -3.14. The summed E-state index contributed by atoms with van der Waals surface area (Å²) >= 11 is 0. The van der Waals surface area contributed by atoms with E-state index in [0.29, 0.717) is 11.8 Å². The molecule has 5 rings (SSSR count). The van der Waals surface area contributed by atoms with E-state index in [1.807, 2.05) is 13.0 Å². The Balaban J connectivity index is 1.33. The first-order valence-corrected chi connectivity index (χ1v) is 10.8. The number of hydrogen-bond acceptors (Lipinski definition) is 4. The molecule has 31 heavy (non-hydrogen) atoms. The molecule has 2 aliphatic rings. The number of benzene rings is 3. The zero-order chi connectivity index (χ0) is 21.4. The van der Waals surface area contributed by atoms with Crippen molar-refractivity contribution < 1.29 is 14.7 Å². The second kappa shape index (κ2) is 8.08. The molecule has 1 fully saturated rings. The number of fused-ring (bicyclic) bond motifs is 3. The molecule has 0 unspecified atom stereocenters. The molecule has 3 aromatic carbocycles. The normalized spacial score (nSPS) is 16.8. The molecule has 1 N–H and O–H groups in total. The minimum absolute atomic E-state index is 0.103. The van der Waals surface area contributed by atoms with Crippen LogP contribution in [0.25, 0.3) is 11.1 Å². The van der Waals surface area contributed by atoms with Crippen LogP contribution in [0.3, 0.4) is 0 Å². The van der Waals surface area contributed by atoms with E-state index in [0.717, 1.165) is 37.5 Å². The van der Waals surface area contributed by atoms with Crippen LogP contribution < -0.4 is 14.7 Å². The van der Waals surface area contributed by atoms with E-state index in [4.69, 9.17) is 9.84 Å². The highest BCUT2D eigenvalue weighted by Gasteiger charge is 2.37. The van der Waals surface area contributed by atoms with Crippen LogP contribution in [0, 0.1) is 0 Å². The predicted molar refractivity (Wildman–Crippen MR) is 121 cm³/mol. The Bertz CT molecular complexity index is 1090. The molecule has 0 saturated carbocycles. The van der Waals surface area contributed by atoms with E-state index in [1.54, 1.807) is 17.0 Å². The average Bonchev–Trinajstić information content (AvgIpc) is 3.14. The number of rotatable bonds is 4. The van der Waals surface area contributed by atoms with Crippen molar-refractivity contribution in [3.8, 4) is 22.6 Å². The molecule has 0 spiro atoms. The van der Waals surface area contributed by atoms with Crippen molar-refractivity contribution in [1.29, 1.82) is 0 Å². The molecule has 1 heterocycles. The van der Waals surface area contributed by atoms with E-state index < -0.39 is 0 Å². The first kappa shape index (κ1) is 19.6. The summed E-state index contributed by atoms with van der Waals surface area (Å²) in [5.41, 5.74) is 7.46. The topological polar surface area (TPSA) is 52.3 Å². The van der Waals surface area contributed by atoms with Crippen molar-refractivity contribution in [1.82, 2.24) is 5.01 Å². The van der Waals surface area contributed by atoms with Crippen molar-refractivity contribution in [2.45, 2.75) is 13.0 Å².